The number of rotatable bonds is 2. The van der Waals surface area contributed by atoms with Gasteiger partial charge in [0.25, 0.3) is 0 Å². The fourth-order valence-electron chi connectivity index (χ4n) is 2.01. The summed E-state index contributed by atoms with van der Waals surface area (Å²) in [5.74, 6) is 0. The molecule has 0 bridgehead atoms. The van der Waals surface area contributed by atoms with E-state index < -0.39 is 0 Å². The number of nitrogens with zero attached hydrogens (tertiary/aromatic N) is 4. The van der Waals surface area contributed by atoms with Gasteiger partial charge in [0, 0.05) is 5.56 Å². The van der Waals surface area contributed by atoms with Gasteiger partial charge in [-0.3, -0.25) is 0 Å². The third kappa shape index (κ3) is 2.49. The highest BCUT2D eigenvalue weighted by molar-refractivity contribution is 6.42. The van der Waals surface area contributed by atoms with Crippen LogP contribution in [0.15, 0.2) is 48.5 Å². The summed E-state index contributed by atoms with van der Waals surface area (Å²) in [4.78, 5) is 0. The van der Waals surface area contributed by atoms with Crippen LogP contribution in [0.1, 0.15) is 5.69 Å². The van der Waals surface area contributed by atoms with Crippen LogP contribution in [-0.4, -0.2) is 15.0 Å². The van der Waals surface area contributed by atoms with Gasteiger partial charge in [-0.1, -0.05) is 52.7 Å². The van der Waals surface area contributed by atoms with Crippen LogP contribution < -0.4 is 0 Å². The van der Waals surface area contributed by atoms with Gasteiger partial charge in [-0.15, -0.1) is 5.10 Å². The van der Waals surface area contributed by atoms with Crippen molar-refractivity contribution in [3.05, 3.63) is 64.3 Å². The summed E-state index contributed by atoms with van der Waals surface area (Å²) in [5, 5.41) is 18.1. The number of benzene rings is 2. The molecular weight excluding hydrogens is 307 g/mol. The van der Waals surface area contributed by atoms with Gasteiger partial charge < -0.3 is 0 Å². The number of para-hydroxylation sites is 1. The Morgan fingerprint density at radius 2 is 1.76 bits per heavy atom. The zero-order chi connectivity index (χ0) is 14.8. The molecule has 6 heteroatoms. The second-order valence-electron chi connectivity index (χ2n) is 4.27. The minimum absolute atomic E-state index is 0.234. The Morgan fingerprint density at radius 1 is 1.00 bits per heavy atom. The predicted molar refractivity (Wildman–Crippen MR) is 81.5 cm³/mol. The molecule has 0 saturated heterocycles. The van der Waals surface area contributed by atoms with E-state index in [-0.39, 0.29) is 5.69 Å². The van der Waals surface area contributed by atoms with Crippen LogP contribution in [0.5, 0.6) is 0 Å². The number of aromatic nitrogens is 3. The minimum atomic E-state index is 0.234. The Labute approximate surface area is 131 Å². The van der Waals surface area contributed by atoms with E-state index >= 15 is 0 Å². The highest BCUT2D eigenvalue weighted by atomic mass is 35.5. The zero-order valence-electron chi connectivity index (χ0n) is 10.7. The molecule has 1 heterocycles. The molecule has 0 amide bonds. The van der Waals surface area contributed by atoms with Crippen molar-refractivity contribution in [3.63, 3.8) is 0 Å². The Bertz CT molecular complexity index is 835. The van der Waals surface area contributed by atoms with Crippen LogP contribution in [-0.2, 0) is 0 Å². The van der Waals surface area contributed by atoms with E-state index in [0.717, 1.165) is 11.3 Å². The van der Waals surface area contributed by atoms with Crippen LogP contribution in [0, 0.1) is 11.3 Å². The molecule has 0 aliphatic carbocycles. The molecule has 0 saturated carbocycles. The van der Waals surface area contributed by atoms with Gasteiger partial charge in [0.05, 0.1) is 15.7 Å². The van der Waals surface area contributed by atoms with Crippen molar-refractivity contribution < 1.29 is 0 Å². The molecule has 0 aliphatic heterocycles. The van der Waals surface area contributed by atoms with Gasteiger partial charge in [0.1, 0.15) is 11.8 Å². The molecule has 0 unspecified atom stereocenters. The Hall–Kier alpha value is -2.35. The first-order chi connectivity index (χ1) is 10.2. The molecule has 0 atom stereocenters. The normalized spacial score (nSPS) is 10.3. The van der Waals surface area contributed by atoms with Gasteiger partial charge in [0.15, 0.2) is 5.69 Å². The maximum atomic E-state index is 9.24. The van der Waals surface area contributed by atoms with Crippen molar-refractivity contribution in [2.24, 2.45) is 0 Å². The second kappa shape index (κ2) is 5.57. The lowest BCUT2D eigenvalue weighted by atomic mass is 10.1. The molecule has 1 aromatic heterocycles. The van der Waals surface area contributed by atoms with Gasteiger partial charge in [-0.05, 0) is 24.3 Å². The number of halogens is 2. The highest BCUT2D eigenvalue weighted by Crippen LogP contribution is 2.30. The van der Waals surface area contributed by atoms with Crippen molar-refractivity contribution in [1.82, 2.24) is 15.0 Å². The van der Waals surface area contributed by atoms with E-state index in [2.05, 4.69) is 10.3 Å². The average molecular weight is 315 g/mol. The molecule has 0 N–H and O–H groups in total. The van der Waals surface area contributed by atoms with Crippen LogP contribution in [0.4, 0.5) is 0 Å². The number of nitriles is 1. The van der Waals surface area contributed by atoms with Crippen molar-refractivity contribution in [1.29, 1.82) is 5.26 Å². The first-order valence-electron chi connectivity index (χ1n) is 6.07. The molecule has 4 nitrogen and oxygen atoms in total. The fourth-order valence-corrected chi connectivity index (χ4v) is 2.31. The van der Waals surface area contributed by atoms with Crippen LogP contribution in [0.3, 0.4) is 0 Å². The van der Waals surface area contributed by atoms with E-state index in [0.29, 0.717) is 15.7 Å². The van der Waals surface area contributed by atoms with Crippen molar-refractivity contribution in [3.8, 4) is 23.0 Å². The summed E-state index contributed by atoms with van der Waals surface area (Å²) < 4.78 is 1.61. The second-order valence-corrected chi connectivity index (χ2v) is 5.09. The van der Waals surface area contributed by atoms with Gasteiger partial charge in [-0.2, -0.15) is 5.26 Å². The quantitative estimate of drug-likeness (QED) is 0.715. The highest BCUT2D eigenvalue weighted by Gasteiger charge is 2.16. The molecule has 3 aromatic rings. The molecule has 3 rings (SSSR count). The molecule has 21 heavy (non-hydrogen) atoms. The first kappa shape index (κ1) is 13.6. The smallest absolute Gasteiger partial charge is 0.191 e. The van der Waals surface area contributed by atoms with Crippen molar-refractivity contribution in [2.45, 2.75) is 0 Å². The Kier molecular flexibility index (Phi) is 3.61. The molecule has 0 fully saturated rings. The summed E-state index contributed by atoms with van der Waals surface area (Å²) in [6, 6.07) is 16.7. The lowest BCUT2D eigenvalue weighted by Gasteiger charge is -2.07. The number of hydrogen-bond donors (Lipinski definition) is 0. The summed E-state index contributed by atoms with van der Waals surface area (Å²) in [6.45, 7) is 0. The van der Waals surface area contributed by atoms with Gasteiger partial charge in [-0.25, -0.2) is 4.68 Å². The van der Waals surface area contributed by atoms with Crippen molar-refractivity contribution in [2.75, 3.05) is 0 Å². The van der Waals surface area contributed by atoms with Gasteiger partial charge >= 0.3 is 0 Å². The summed E-state index contributed by atoms with van der Waals surface area (Å²) >= 11 is 12.0. The predicted octanol–water partition coefficient (Wildman–Crippen LogP) is 4.11. The van der Waals surface area contributed by atoms with E-state index in [1.165, 1.54) is 0 Å². The third-order valence-corrected chi connectivity index (χ3v) is 3.71. The van der Waals surface area contributed by atoms with Gasteiger partial charge in [0.2, 0.25) is 0 Å². The molecule has 0 spiro atoms. The van der Waals surface area contributed by atoms with Crippen LogP contribution in [0.25, 0.3) is 16.9 Å². The monoisotopic (exact) mass is 314 g/mol. The summed E-state index contributed by atoms with van der Waals surface area (Å²) in [5.41, 5.74) is 2.36. The van der Waals surface area contributed by atoms with Crippen LogP contribution >= 0.6 is 23.2 Å². The first-order valence-corrected chi connectivity index (χ1v) is 6.83. The number of hydrogen-bond acceptors (Lipinski definition) is 3. The molecular formula is C15H8Cl2N4. The maximum Gasteiger partial charge on any atom is 0.191 e. The maximum absolute atomic E-state index is 9.24. The molecule has 2 aromatic carbocycles. The van der Waals surface area contributed by atoms with E-state index in [1.807, 2.05) is 36.4 Å². The Balaban J connectivity index is 2.24. The van der Waals surface area contributed by atoms with Crippen molar-refractivity contribution >= 4 is 23.2 Å². The standard InChI is InChI=1S/C15H8Cl2N4/c16-12-7-6-10(8-13(12)17)15-14(9-18)19-20-21(15)11-4-2-1-3-5-11/h1-8H. The van der Waals surface area contributed by atoms with E-state index in [1.54, 1.807) is 22.9 Å². The molecule has 102 valence electrons. The average Bonchev–Trinajstić information content (AvgIpc) is 2.95. The lowest BCUT2D eigenvalue weighted by Crippen LogP contribution is -1.99. The van der Waals surface area contributed by atoms with Crippen LogP contribution in [0.2, 0.25) is 10.0 Å². The lowest BCUT2D eigenvalue weighted by molar-refractivity contribution is 0.807. The summed E-state index contributed by atoms with van der Waals surface area (Å²) in [7, 11) is 0. The third-order valence-electron chi connectivity index (χ3n) is 2.97. The molecule has 0 aliphatic rings. The molecule has 0 radical (unpaired) electrons. The fraction of sp³-hybridized carbons (Fsp3) is 0. The summed E-state index contributed by atoms with van der Waals surface area (Å²) in [6.07, 6.45) is 0. The topological polar surface area (TPSA) is 54.5 Å². The zero-order valence-corrected chi connectivity index (χ0v) is 12.2. The van der Waals surface area contributed by atoms with E-state index in [9.17, 15) is 5.26 Å². The Morgan fingerprint density at radius 3 is 2.43 bits per heavy atom. The largest absolute Gasteiger partial charge is 0.211 e. The minimum Gasteiger partial charge on any atom is -0.211 e. The SMILES string of the molecule is N#Cc1nnn(-c2ccccc2)c1-c1ccc(Cl)c(Cl)c1. The van der Waals surface area contributed by atoms with E-state index in [4.69, 9.17) is 23.2 Å².